The fraction of sp³-hybridized carbons (Fsp3) is 0.615. The molecule has 1 N–H and O–H groups in total. The van der Waals surface area contributed by atoms with Crippen molar-refractivity contribution in [1.82, 2.24) is 10.1 Å². The summed E-state index contributed by atoms with van der Waals surface area (Å²) in [5, 5.41) is 13.1. The van der Waals surface area contributed by atoms with Gasteiger partial charge in [0.2, 0.25) is 0 Å². The van der Waals surface area contributed by atoms with E-state index in [4.69, 9.17) is 4.52 Å². The fourth-order valence-corrected chi connectivity index (χ4v) is 2.55. The first-order chi connectivity index (χ1) is 8.98. The van der Waals surface area contributed by atoms with Crippen LogP contribution in [0.15, 0.2) is 10.6 Å². The van der Waals surface area contributed by atoms with Gasteiger partial charge in [0.15, 0.2) is 5.69 Å². The summed E-state index contributed by atoms with van der Waals surface area (Å²) in [5.74, 6) is -0.514. The van der Waals surface area contributed by atoms with Gasteiger partial charge in [-0.25, -0.2) is 0 Å². The molecule has 1 aromatic rings. The first-order valence-corrected chi connectivity index (χ1v) is 6.44. The topological polar surface area (TPSA) is 83.6 Å². The molecule has 19 heavy (non-hydrogen) atoms. The molecule has 0 saturated carbocycles. The maximum atomic E-state index is 12.2. The molecule has 1 unspecified atom stereocenters. The molecule has 0 aliphatic carbocycles. The highest BCUT2D eigenvalue weighted by atomic mass is 16.5. The van der Waals surface area contributed by atoms with Gasteiger partial charge in [-0.3, -0.25) is 9.59 Å². The Kier molecular flexibility index (Phi) is 3.59. The molecule has 1 aliphatic heterocycles. The number of piperidine rings is 1. The molecule has 1 fully saturated rings. The third kappa shape index (κ3) is 2.47. The second kappa shape index (κ2) is 5.03. The Morgan fingerprint density at radius 1 is 1.58 bits per heavy atom. The predicted molar refractivity (Wildman–Crippen MR) is 66.7 cm³/mol. The minimum Gasteiger partial charge on any atom is -0.481 e. The zero-order valence-corrected chi connectivity index (χ0v) is 11.2. The van der Waals surface area contributed by atoms with Gasteiger partial charge in [-0.1, -0.05) is 12.1 Å². The van der Waals surface area contributed by atoms with Crippen molar-refractivity contribution in [3.8, 4) is 0 Å². The Balaban J connectivity index is 2.17. The number of hydrogen-bond donors (Lipinski definition) is 1. The third-order valence-corrected chi connectivity index (χ3v) is 3.84. The van der Waals surface area contributed by atoms with Crippen molar-refractivity contribution in [2.24, 2.45) is 5.41 Å². The number of aliphatic carboxylic acids is 1. The van der Waals surface area contributed by atoms with Crippen molar-refractivity contribution in [2.45, 2.75) is 33.1 Å². The smallest absolute Gasteiger partial charge is 0.311 e. The number of aryl methyl sites for hydroxylation is 1. The van der Waals surface area contributed by atoms with E-state index < -0.39 is 11.4 Å². The van der Waals surface area contributed by atoms with Gasteiger partial charge in [-0.2, -0.15) is 0 Å². The van der Waals surface area contributed by atoms with Gasteiger partial charge in [0.1, 0.15) is 5.76 Å². The first kappa shape index (κ1) is 13.6. The van der Waals surface area contributed by atoms with Crippen LogP contribution in [0.5, 0.6) is 0 Å². The van der Waals surface area contributed by atoms with Crippen LogP contribution in [0.4, 0.5) is 0 Å². The Bertz CT molecular complexity index is 497. The third-order valence-electron chi connectivity index (χ3n) is 3.84. The number of amides is 1. The summed E-state index contributed by atoms with van der Waals surface area (Å²) in [6.45, 7) is 4.37. The summed E-state index contributed by atoms with van der Waals surface area (Å²) in [6.07, 6.45) is 1.83. The van der Waals surface area contributed by atoms with Gasteiger partial charge < -0.3 is 14.5 Å². The van der Waals surface area contributed by atoms with Crippen LogP contribution in [-0.4, -0.2) is 40.1 Å². The molecule has 0 spiro atoms. The molecule has 1 saturated heterocycles. The van der Waals surface area contributed by atoms with Gasteiger partial charge in [0, 0.05) is 19.2 Å². The van der Waals surface area contributed by atoms with E-state index >= 15 is 0 Å². The van der Waals surface area contributed by atoms with Crippen molar-refractivity contribution >= 4 is 11.9 Å². The number of nitrogens with zero attached hydrogens (tertiary/aromatic N) is 2. The van der Waals surface area contributed by atoms with E-state index in [1.165, 1.54) is 0 Å². The van der Waals surface area contributed by atoms with Gasteiger partial charge in [0.25, 0.3) is 5.91 Å². The monoisotopic (exact) mass is 266 g/mol. The summed E-state index contributed by atoms with van der Waals surface area (Å²) in [5.41, 5.74) is -0.582. The number of carboxylic acids is 1. The zero-order chi connectivity index (χ0) is 14.0. The molecule has 1 atom stereocenters. The van der Waals surface area contributed by atoms with E-state index in [1.54, 1.807) is 17.9 Å². The van der Waals surface area contributed by atoms with E-state index in [1.807, 2.05) is 6.92 Å². The molecule has 2 rings (SSSR count). The lowest BCUT2D eigenvalue weighted by molar-refractivity contribution is -0.152. The quantitative estimate of drug-likeness (QED) is 0.900. The summed E-state index contributed by atoms with van der Waals surface area (Å²) in [7, 11) is 0. The van der Waals surface area contributed by atoms with Crippen molar-refractivity contribution in [3.05, 3.63) is 17.5 Å². The summed E-state index contributed by atoms with van der Waals surface area (Å²) < 4.78 is 4.89. The second-order valence-corrected chi connectivity index (χ2v) is 5.09. The average Bonchev–Trinajstić information content (AvgIpc) is 2.84. The van der Waals surface area contributed by atoms with Crippen LogP contribution in [0.2, 0.25) is 0 Å². The molecular formula is C13H18N2O4. The first-order valence-electron chi connectivity index (χ1n) is 6.44. The largest absolute Gasteiger partial charge is 0.481 e. The SMILES string of the molecule is CCC1(C(=O)O)CCCN(C(=O)c2cc(C)on2)C1. The van der Waals surface area contributed by atoms with E-state index in [2.05, 4.69) is 5.16 Å². The van der Waals surface area contributed by atoms with Crippen LogP contribution in [-0.2, 0) is 4.79 Å². The van der Waals surface area contributed by atoms with E-state index in [0.29, 0.717) is 31.6 Å². The van der Waals surface area contributed by atoms with Crippen molar-refractivity contribution in [1.29, 1.82) is 0 Å². The zero-order valence-electron chi connectivity index (χ0n) is 11.2. The van der Waals surface area contributed by atoms with E-state index in [-0.39, 0.29) is 18.1 Å². The molecule has 0 bridgehead atoms. The lowest BCUT2D eigenvalue weighted by Gasteiger charge is -2.39. The molecule has 1 amide bonds. The molecule has 6 heteroatoms. The molecule has 0 aromatic carbocycles. The molecule has 0 radical (unpaired) electrons. The van der Waals surface area contributed by atoms with Gasteiger partial charge in [-0.05, 0) is 26.2 Å². The van der Waals surface area contributed by atoms with Crippen LogP contribution in [0.1, 0.15) is 42.4 Å². The number of carbonyl (C=O) groups is 2. The molecule has 104 valence electrons. The Morgan fingerprint density at radius 3 is 2.84 bits per heavy atom. The molecule has 1 aromatic heterocycles. The Morgan fingerprint density at radius 2 is 2.32 bits per heavy atom. The number of likely N-dealkylation sites (tertiary alicyclic amines) is 1. The number of carbonyl (C=O) groups excluding carboxylic acids is 1. The molecule has 1 aliphatic rings. The maximum absolute atomic E-state index is 12.2. The average molecular weight is 266 g/mol. The van der Waals surface area contributed by atoms with Crippen molar-refractivity contribution < 1.29 is 19.2 Å². The van der Waals surface area contributed by atoms with Gasteiger partial charge >= 0.3 is 5.97 Å². The lowest BCUT2D eigenvalue weighted by Crippen LogP contribution is -2.49. The second-order valence-electron chi connectivity index (χ2n) is 5.09. The molecule has 6 nitrogen and oxygen atoms in total. The number of aromatic nitrogens is 1. The summed E-state index contributed by atoms with van der Waals surface area (Å²) in [6, 6.07) is 1.57. The highest BCUT2D eigenvalue weighted by Gasteiger charge is 2.42. The number of rotatable bonds is 3. The van der Waals surface area contributed by atoms with Crippen LogP contribution < -0.4 is 0 Å². The van der Waals surface area contributed by atoms with Gasteiger partial charge in [0.05, 0.1) is 5.41 Å². The fourth-order valence-electron chi connectivity index (χ4n) is 2.55. The Hall–Kier alpha value is -1.85. The van der Waals surface area contributed by atoms with Crippen LogP contribution in [0.3, 0.4) is 0 Å². The Labute approximate surface area is 111 Å². The van der Waals surface area contributed by atoms with Crippen molar-refractivity contribution in [2.75, 3.05) is 13.1 Å². The van der Waals surface area contributed by atoms with E-state index in [0.717, 1.165) is 0 Å². The van der Waals surface area contributed by atoms with E-state index in [9.17, 15) is 14.7 Å². The number of carboxylic acid groups (broad SMARTS) is 1. The van der Waals surface area contributed by atoms with Crippen LogP contribution in [0.25, 0.3) is 0 Å². The molecule has 2 heterocycles. The minimum atomic E-state index is -0.830. The maximum Gasteiger partial charge on any atom is 0.311 e. The van der Waals surface area contributed by atoms with Crippen LogP contribution >= 0.6 is 0 Å². The predicted octanol–water partition coefficient (Wildman–Crippen LogP) is 1.70. The lowest BCUT2D eigenvalue weighted by atomic mass is 9.77. The summed E-state index contributed by atoms with van der Waals surface area (Å²) in [4.78, 5) is 25.3. The summed E-state index contributed by atoms with van der Waals surface area (Å²) >= 11 is 0. The normalized spacial score (nSPS) is 23.4. The number of hydrogen-bond acceptors (Lipinski definition) is 4. The highest BCUT2D eigenvalue weighted by molar-refractivity contribution is 5.92. The van der Waals surface area contributed by atoms with Gasteiger partial charge in [-0.15, -0.1) is 0 Å². The van der Waals surface area contributed by atoms with Crippen LogP contribution in [0, 0.1) is 12.3 Å². The molecular weight excluding hydrogens is 248 g/mol. The highest BCUT2D eigenvalue weighted by Crippen LogP contribution is 2.34. The standard InChI is InChI=1S/C13H18N2O4/c1-3-13(12(17)18)5-4-6-15(8-13)11(16)10-7-9(2)19-14-10/h7H,3-6,8H2,1-2H3,(H,17,18). The minimum absolute atomic E-state index is 0.240. The van der Waals surface area contributed by atoms with Crippen molar-refractivity contribution in [3.63, 3.8) is 0 Å².